The molecule has 1 fully saturated rings. The van der Waals surface area contributed by atoms with Crippen molar-refractivity contribution in [2.24, 2.45) is 5.73 Å². The second-order valence-corrected chi connectivity index (χ2v) is 4.83. The van der Waals surface area contributed by atoms with Crippen molar-refractivity contribution in [3.05, 3.63) is 36.5 Å². The number of hydrogen-bond donors (Lipinski definition) is 1. The molecule has 1 aromatic heterocycles. The van der Waals surface area contributed by atoms with Gasteiger partial charge in [0, 0.05) is 18.1 Å². The lowest BCUT2D eigenvalue weighted by atomic mass is 10.2. The highest BCUT2D eigenvalue weighted by atomic mass is 16.5. The minimum Gasteiger partial charge on any atom is -0.490 e. The summed E-state index contributed by atoms with van der Waals surface area (Å²) in [5.41, 5.74) is 6.55. The molecule has 0 amide bonds. The summed E-state index contributed by atoms with van der Waals surface area (Å²) in [5, 5.41) is 1.04. The molecule has 2 unspecified atom stereocenters. The predicted octanol–water partition coefficient (Wildman–Crippen LogP) is 2.12. The number of fused-ring (bicyclic) bond motifs is 1. The average Bonchev–Trinajstić information content (AvgIpc) is 2.93. The molecule has 2 N–H and O–H groups in total. The zero-order chi connectivity index (χ0) is 13.1. The molecule has 4 heteroatoms. The van der Waals surface area contributed by atoms with E-state index in [1.54, 1.807) is 6.20 Å². The van der Waals surface area contributed by atoms with Crippen LogP contribution in [0.5, 0.6) is 5.75 Å². The zero-order valence-electron chi connectivity index (χ0n) is 10.8. The summed E-state index contributed by atoms with van der Waals surface area (Å²) in [6, 6.07) is 9.86. The topological polar surface area (TPSA) is 57.4 Å². The summed E-state index contributed by atoms with van der Waals surface area (Å²) < 4.78 is 11.7. The van der Waals surface area contributed by atoms with Crippen molar-refractivity contribution in [2.75, 3.05) is 13.2 Å². The molecule has 1 aliphatic heterocycles. The quantitative estimate of drug-likeness (QED) is 0.912. The van der Waals surface area contributed by atoms with Crippen molar-refractivity contribution in [1.29, 1.82) is 0 Å². The molecule has 100 valence electrons. The van der Waals surface area contributed by atoms with Gasteiger partial charge in [-0.25, -0.2) is 0 Å². The van der Waals surface area contributed by atoms with Crippen molar-refractivity contribution >= 4 is 10.9 Å². The summed E-state index contributed by atoms with van der Waals surface area (Å²) in [4.78, 5) is 4.32. The SMILES string of the molecule is NCC1CCC(COc2cccc3ncccc23)O1. The molecule has 1 aliphatic rings. The highest BCUT2D eigenvalue weighted by Gasteiger charge is 2.24. The first-order valence-electron chi connectivity index (χ1n) is 6.69. The Kier molecular flexibility index (Phi) is 3.62. The molecule has 2 aromatic rings. The lowest BCUT2D eigenvalue weighted by Gasteiger charge is -2.14. The average molecular weight is 258 g/mol. The predicted molar refractivity (Wildman–Crippen MR) is 74.2 cm³/mol. The van der Waals surface area contributed by atoms with Crippen molar-refractivity contribution in [3.8, 4) is 5.75 Å². The third-order valence-corrected chi connectivity index (χ3v) is 3.49. The van der Waals surface area contributed by atoms with Crippen LogP contribution in [0.25, 0.3) is 10.9 Å². The van der Waals surface area contributed by atoms with Crippen LogP contribution >= 0.6 is 0 Å². The Bertz CT molecular complexity index is 553. The summed E-state index contributed by atoms with van der Waals surface area (Å²) in [7, 11) is 0. The Hall–Kier alpha value is -1.65. The minimum atomic E-state index is 0.153. The van der Waals surface area contributed by atoms with Gasteiger partial charge in [-0.3, -0.25) is 4.98 Å². The lowest BCUT2D eigenvalue weighted by molar-refractivity contribution is 0.0225. The van der Waals surface area contributed by atoms with Gasteiger partial charge in [-0.2, -0.15) is 0 Å². The van der Waals surface area contributed by atoms with E-state index in [9.17, 15) is 0 Å². The lowest BCUT2D eigenvalue weighted by Crippen LogP contribution is -2.23. The second-order valence-electron chi connectivity index (χ2n) is 4.83. The Labute approximate surface area is 112 Å². The highest BCUT2D eigenvalue weighted by Crippen LogP contribution is 2.25. The number of aromatic nitrogens is 1. The summed E-state index contributed by atoms with van der Waals surface area (Å²) >= 11 is 0. The van der Waals surface area contributed by atoms with Gasteiger partial charge in [-0.05, 0) is 37.1 Å². The molecule has 0 aliphatic carbocycles. The van der Waals surface area contributed by atoms with E-state index in [1.165, 1.54) is 0 Å². The molecule has 0 bridgehead atoms. The number of ether oxygens (including phenoxy) is 2. The Morgan fingerprint density at radius 2 is 2.11 bits per heavy atom. The normalized spacial score (nSPS) is 22.8. The van der Waals surface area contributed by atoms with Crippen LogP contribution in [-0.4, -0.2) is 30.3 Å². The fourth-order valence-electron chi connectivity index (χ4n) is 2.46. The van der Waals surface area contributed by atoms with E-state index in [2.05, 4.69) is 4.98 Å². The molecular formula is C15H18N2O2. The standard InChI is InChI=1S/C15H18N2O2/c16-9-11-6-7-12(19-11)10-18-15-5-1-4-14-13(15)3-2-8-17-14/h1-5,8,11-12H,6-7,9-10,16H2. The van der Waals surface area contributed by atoms with E-state index in [4.69, 9.17) is 15.2 Å². The number of rotatable bonds is 4. The fourth-order valence-corrected chi connectivity index (χ4v) is 2.46. The highest BCUT2D eigenvalue weighted by molar-refractivity contribution is 5.84. The number of nitrogens with two attached hydrogens (primary N) is 1. The Balaban J connectivity index is 1.69. The van der Waals surface area contributed by atoms with Gasteiger partial charge in [-0.1, -0.05) is 6.07 Å². The first-order valence-corrected chi connectivity index (χ1v) is 6.69. The van der Waals surface area contributed by atoms with Crippen LogP contribution in [0.3, 0.4) is 0 Å². The van der Waals surface area contributed by atoms with Gasteiger partial charge in [0.05, 0.1) is 17.7 Å². The van der Waals surface area contributed by atoms with E-state index >= 15 is 0 Å². The number of nitrogens with zero attached hydrogens (tertiary/aromatic N) is 1. The van der Waals surface area contributed by atoms with Gasteiger partial charge in [-0.15, -0.1) is 0 Å². The molecule has 3 rings (SSSR count). The van der Waals surface area contributed by atoms with E-state index in [0.717, 1.165) is 29.5 Å². The van der Waals surface area contributed by atoms with E-state index in [0.29, 0.717) is 13.2 Å². The fraction of sp³-hybridized carbons (Fsp3) is 0.400. The first-order chi connectivity index (χ1) is 9.36. The van der Waals surface area contributed by atoms with Crippen LogP contribution in [0.4, 0.5) is 0 Å². The van der Waals surface area contributed by atoms with Gasteiger partial charge in [0.15, 0.2) is 0 Å². The van der Waals surface area contributed by atoms with Crippen molar-refractivity contribution in [1.82, 2.24) is 4.98 Å². The number of benzene rings is 1. The maximum Gasteiger partial charge on any atom is 0.128 e. The van der Waals surface area contributed by atoms with E-state index < -0.39 is 0 Å². The second kappa shape index (κ2) is 5.55. The summed E-state index contributed by atoms with van der Waals surface area (Å²) in [5.74, 6) is 0.866. The van der Waals surface area contributed by atoms with Gasteiger partial charge >= 0.3 is 0 Å². The van der Waals surface area contributed by atoms with Crippen molar-refractivity contribution in [2.45, 2.75) is 25.0 Å². The molecule has 19 heavy (non-hydrogen) atoms. The van der Waals surface area contributed by atoms with Crippen molar-refractivity contribution in [3.63, 3.8) is 0 Å². The molecular weight excluding hydrogens is 240 g/mol. The van der Waals surface area contributed by atoms with Crippen LogP contribution in [0.1, 0.15) is 12.8 Å². The van der Waals surface area contributed by atoms with Crippen LogP contribution in [0.2, 0.25) is 0 Å². The maximum atomic E-state index is 5.89. The van der Waals surface area contributed by atoms with Crippen LogP contribution in [0, 0.1) is 0 Å². The molecule has 2 heterocycles. The number of hydrogen-bond acceptors (Lipinski definition) is 4. The van der Waals surface area contributed by atoms with Gasteiger partial charge in [0.2, 0.25) is 0 Å². The summed E-state index contributed by atoms with van der Waals surface area (Å²) in [6.45, 7) is 1.17. The number of pyridine rings is 1. The molecule has 0 saturated carbocycles. The van der Waals surface area contributed by atoms with E-state index in [1.807, 2.05) is 30.3 Å². The van der Waals surface area contributed by atoms with Crippen LogP contribution < -0.4 is 10.5 Å². The largest absolute Gasteiger partial charge is 0.490 e. The van der Waals surface area contributed by atoms with Gasteiger partial charge < -0.3 is 15.2 Å². The minimum absolute atomic E-state index is 0.153. The molecule has 0 spiro atoms. The molecule has 0 radical (unpaired) electrons. The third-order valence-electron chi connectivity index (χ3n) is 3.49. The maximum absolute atomic E-state index is 5.89. The van der Waals surface area contributed by atoms with Gasteiger partial charge in [0.1, 0.15) is 12.4 Å². The van der Waals surface area contributed by atoms with Crippen molar-refractivity contribution < 1.29 is 9.47 Å². The Morgan fingerprint density at radius 3 is 2.95 bits per heavy atom. The molecule has 1 saturated heterocycles. The molecule has 4 nitrogen and oxygen atoms in total. The first kappa shape index (κ1) is 12.4. The van der Waals surface area contributed by atoms with Crippen LogP contribution in [-0.2, 0) is 4.74 Å². The van der Waals surface area contributed by atoms with Gasteiger partial charge in [0.25, 0.3) is 0 Å². The van der Waals surface area contributed by atoms with E-state index in [-0.39, 0.29) is 12.2 Å². The summed E-state index contributed by atoms with van der Waals surface area (Å²) in [6.07, 6.45) is 4.19. The van der Waals surface area contributed by atoms with Crippen LogP contribution in [0.15, 0.2) is 36.5 Å². The zero-order valence-corrected chi connectivity index (χ0v) is 10.8. The monoisotopic (exact) mass is 258 g/mol. The molecule has 1 aromatic carbocycles. The Morgan fingerprint density at radius 1 is 1.21 bits per heavy atom. The molecule has 2 atom stereocenters. The smallest absolute Gasteiger partial charge is 0.128 e. The third kappa shape index (κ3) is 2.69.